The minimum atomic E-state index is 0.409. The molecule has 0 aliphatic carbocycles. The van der Waals surface area contributed by atoms with Gasteiger partial charge >= 0.3 is 0 Å². The molecule has 5 heteroatoms. The summed E-state index contributed by atoms with van der Waals surface area (Å²) in [4.78, 5) is 8.07. The van der Waals surface area contributed by atoms with Gasteiger partial charge in [0.15, 0.2) is 5.82 Å². The molecule has 1 heterocycles. The monoisotopic (exact) mass is 168 g/mol. The lowest BCUT2D eigenvalue weighted by molar-refractivity contribution is 0.398. The second kappa shape index (κ2) is 3.25. The summed E-state index contributed by atoms with van der Waals surface area (Å²) in [7, 11) is 3.27. The molecule has 0 amide bonds. The highest BCUT2D eigenvalue weighted by Gasteiger charge is 2.07. The molecule has 66 valence electrons. The van der Waals surface area contributed by atoms with Crippen molar-refractivity contribution in [2.45, 2.75) is 6.92 Å². The maximum atomic E-state index is 5.66. The van der Waals surface area contributed by atoms with Gasteiger partial charge in [0, 0.05) is 7.05 Å². The van der Waals surface area contributed by atoms with Gasteiger partial charge < -0.3 is 15.8 Å². The highest BCUT2D eigenvalue weighted by molar-refractivity contribution is 5.66. The van der Waals surface area contributed by atoms with Crippen LogP contribution >= 0.6 is 0 Å². The Morgan fingerprint density at radius 3 is 2.58 bits per heavy atom. The average Bonchev–Trinajstić information content (AvgIpc) is 2.08. The Kier molecular flexibility index (Phi) is 2.32. The lowest BCUT2D eigenvalue weighted by atomic mass is 10.4. The summed E-state index contributed by atoms with van der Waals surface area (Å²) in [5, 5.41) is 2.85. The van der Waals surface area contributed by atoms with Gasteiger partial charge in [-0.05, 0) is 6.92 Å². The Balaban J connectivity index is 3.22. The van der Waals surface area contributed by atoms with E-state index in [1.807, 2.05) is 0 Å². The summed E-state index contributed by atoms with van der Waals surface area (Å²) < 4.78 is 4.95. The van der Waals surface area contributed by atoms with Crippen molar-refractivity contribution in [2.24, 2.45) is 0 Å². The van der Waals surface area contributed by atoms with Gasteiger partial charge in [-0.2, -0.15) is 4.98 Å². The first-order valence-electron chi connectivity index (χ1n) is 3.55. The number of aryl methyl sites for hydroxylation is 1. The van der Waals surface area contributed by atoms with Crippen LogP contribution in [0, 0.1) is 6.92 Å². The average molecular weight is 168 g/mol. The van der Waals surface area contributed by atoms with Crippen LogP contribution in [0.4, 0.5) is 11.5 Å². The Bertz CT molecular complexity index is 262. The normalized spacial score (nSPS) is 9.58. The van der Waals surface area contributed by atoms with Crippen LogP contribution in [0.3, 0.4) is 0 Å². The number of hydrogen-bond acceptors (Lipinski definition) is 5. The molecule has 1 aromatic rings. The molecule has 12 heavy (non-hydrogen) atoms. The van der Waals surface area contributed by atoms with E-state index in [4.69, 9.17) is 10.5 Å². The fourth-order valence-electron chi connectivity index (χ4n) is 0.902. The molecular weight excluding hydrogens is 156 g/mol. The number of nitrogens with two attached hydrogens (primary N) is 1. The predicted molar refractivity (Wildman–Crippen MR) is 47.3 cm³/mol. The molecule has 0 radical (unpaired) electrons. The molecule has 1 rings (SSSR count). The number of aromatic nitrogens is 2. The highest BCUT2D eigenvalue weighted by Crippen LogP contribution is 2.24. The SMILES string of the molecule is CNc1nc(C)nc(OC)c1N. The molecule has 3 N–H and O–H groups in total. The lowest BCUT2D eigenvalue weighted by Crippen LogP contribution is -2.05. The topological polar surface area (TPSA) is 73.1 Å². The summed E-state index contributed by atoms with van der Waals surface area (Å²) in [6.07, 6.45) is 0. The molecule has 1 aromatic heterocycles. The maximum absolute atomic E-state index is 5.66. The molecule has 0 aromatic carbocycles. The number of ether oxygens (including phenoxy) is 1. The Morgan fingerprint density at radius 1 is 1.42 bits per heavy atom. The molecule has 0 fully saturated rings. The third-order valence-corrected chi connectivity index (χ3v) is 1.45. The van der Waals surface area contributed by atoms with E-state index >= 15 is 0 Å². The van der Waals surface area contributed by atoms with Gasteiger partial charge in [0.2, 0.25) is 5.88 Å². The first kappa shape index (κ1) is 8.58. The number of rotatable bonds is 2. The lowest BCUT2D eigenvalue weighted by Gasteiger charge is -2.08. The highest BCUT2D eigenvalue weighted by atomic mass is 16.5. The van der Waals surface area contributed by atoms with Crippen molar-refractivity contribution < 1.29 is 4.74 Å². The summed E-state index contributed by atoms with van der Waals surface area (Å²) >= 11 is 0. The van der Waals surface area contributed by atoms with Crippen molar-refractivity contribution in [3.05, 3.63) is 5.82 Å². The van der Waals surface area contributed by atoms with Gasteiger partial charge in [-0.15, -0.1) is 0 Å². The number of anilines is 2. The van der Waals surface area contributed by atoms with Crippen LogP contribution in [0.5, 0.6) is 5.88 Å². The molecule has 5 nitrogen and oxygen atoms in total. The van der Waals surface area contributed by atoms with E-state index in [1.54, 1.807) is 14.0 Å². The molecule has 0 unspecified atom stereocenters. The van der Waals surface area contributed by atoms with Crippen LogP contribution < -0.4 is 15.8 Å². The minimum Gasteiger partial charge on any atom is -0.479 e. The Hall–Kier alpha value is -1.52. The van der Waals surface area contributed by atoms with Gasteiger partial charge in [-0.3, -0.25) is 0 Å². The van der Waals surface area contributed by atoms with Gasteiger partial charge in [0.05, 0.1) is 7.11 Å². The van der Waals surface area contributed by atoms with Crippen LogP contribution in [0.2, 0.25) is 0 Å². The number of hydrogen-bond donors (Lipinski definition) is 2. The third-order valence-electron chi connectivity index (χ3n) is 1.45. The smallest absolute Gasteiger partial charge is 0.242 e. The summed E-state index contributed by atoms with van der Waals surface area (Å²) in [5.41, 5.74) is 6.10. The number of nitrogen functional groups attached to an aromatic ring is 1. The summed E-state index contributed by atoms with van der Waals surface area (Å²) in [5.74, 6) is 1.64. The zero-order valence-electron chi connectivity index (χ0n) is 7.38. The molecule has 0 spiro atoms. The van der Waals surface area contributed by atoms with E-state index in [0.717, 1.165) is 0 Å². The van der Waals surface area contributed by atoms with Crippen molar-refractivity contribution in [1.82, 2.24) is 9.97 Å². The van der Waals surface area contributed by atoms with Crippen LogP contribution in [0.1, 0.15) is 5.82 Å². The minimum absolute atomic E-state index is 0.409. The third kappa shape index (κ3) is 1.39. The van der Waals surface area contributed by atoms with E-state index in [1.165, 1.54) is 7.11 Å². The largest absolute Gasteiger partial charge is 0.479 e. The second-order valence-corrected chi connectivity index (χ2v) is 2.29. The molecule has 0 bridgehead atoms. The fourth-order valence-corrected chi connectivity index (χ4v) is 0.902. The first-order valence-corrected chi connectivity index (χ1v) is 3.55. The fraction of sp³-hybridized carbons (Fsp3) is 0.429. The van der Waals surface area contributed by atoms with Crippen molar-refractivity contribution in [2.75, 3.05) is 25.2 Å². The second-order valence-electron chi connectivity index (χ2n) is 2.29. The van der Waals surface area contributed by atoms with E-state index < -0.39 is 0 Å². The van der Waals surface area contributed by atoms with Crippen molar-refractivity contribution >= 4 is 11.5 Å². The van der Waals surface area contributed by atoms with Crippen LogP contribution in [-0.2, 0) is 0 Å². The van der Waals surface area contributed by atoms with Crippen LogP contribution in [0.15, 0.2) is 0 Å². The van der Waals surface area contributed by atoms with Crippen LogP contribution in [0.25, 0.3) is 0 Å². The summed E-state index contributed by atoms with van der Waals surface area (Å²) in [6, 6.07) is 0. The predicted octanol–water partition coefficient (Wildman–Crippen LogP) is 0.418. The Morgan fingerprint density at radius 2 is 2.08 bits per heavy atom. The summed E-state index contributed by atoms with van der Waals surface area (Å²) in [6.45, 7) is 1.78. The van der Waals surface area contributed by atoms with E-state index in [0.29, 0.717) is 23.2 Å². The van der Waals surface area contributed by atoms with Crippen molar-refractivity contribution in [3.8, 4) is 5.88 Å². The first-order chi connectivity index (χ1) is 5.69. The molecular formula is C7H12N4O. The quantitative estimate of drug-likeness (QED) is 0.669. The Labute approximate surface area is 71.0 Å². The molecule has 0 saturated heterocycles. The van der Waals surface area contributed by atoms with Crippen LogP contribution in [-0.4, -0.2) is 24.1 Å². The van der Waals surface area contributed by atoms with Gasteiger partial charge in [-0.25, -0.2) is 4.98 Å². The maximum Gasteiger partial charge on any atom is 0.242 e. The van der Waals surface area contributed by atoms with E-state index in [-0.39, 0.29) is 0 Å². The zero-order valence-corrected chi connectivity index (χ0v) is 7.38. The van der Waals surface area contributed by atoms with Gasteiger partial charge in [-0.1, -0.05) is 0 Å². The molecule has 0 aliphatic rings. The van der Waals surface area contributed by atoms with Gasteiger partial charge in [0.1, 0.15) is 11.5 Å². The van der Waals surface area contributed by atoms with E-state index in [9.17, 15) is 0 Å². The van der Waals surface area contributed by atoms with E-state index in [2.05, 4.69) is 15.3 Å². The standard InChI is InChI=1S/C7H12N4O/c1-4-10-6(9-2)5(8)7(11-4)12-3/h8H2,1-3H3,(H,9,10,11). The number of nitrogens with zero attached hydrogens (tertiary/aromatic N) is 2. The zero-order chi connectivity index (χ0) is 9.14. The van der Waals surface area contributed by atoms with Crippen molar-refractivity contribution in [1.29, 1.82) is 0 Å². The molecule has 0 aliphatic heterocycles. The number of methoxy groups -OCH3 is 1. The number of nitrogens with one attached hydrogen (secondary N) is 1. The van der Waals surface area contributed by atoms with Gasteiger partial charge in [0.25, 0.3) is 0 Å². The molecule has 0 saturated carbocycles. The van der Waals surface area contributed by atoms with Crippen molar-refractivity contribution in [3.63, 3.8) is 0 Å². The molecule has 0 atom stereocenters.